The van der Waals surface area contributed by atoms with Crippen molar-refractivity contribution in [3.05, 3.63) is 28.2 Å². The van der Waals surface area contributed by atoms with E-state index in [9.17, 15) is 0 Å². The number of thioether (sulfide) groups is 1. The number of aromatic nitrogens is 3. The van der Waals surface area contributed by atoms with E-state index in [2.05, 4.69) is 33.9 Å². The Bertz CT molecular complexity index is 421. The van der Waals surface area contributed by atoms with Gasteiger partial charge in [0.05, 0.1) is 0 Å². The minimum Gasteiger partial charge on any atom is -0.312 e. The highest BCUT2D eigenvalue weighted by Gasteiger charge is 2.01. The number of thiophene rings is 1. The van der Waals surface area contributed by atoms with Crippen molar-refractivity contribution in [2.45, 2.75) is 18.6 Å². The second kappa shape index (κ2) is 6.18. The monoisotopic (exact) mass is 268 g/mol. The van der Waals surface area contributed by atoms with Crippen LogP contribution in [0.2, 0.25) is 0 Å². The maximum Gasteiger partial charge on any atom is 0.190 e. The Kier molecular flexibility index (Phi) is 4.58. The van der Waals surface area contributed by atoms with E-state index in [1.165, 1.54) is 10.4 Å². The molecule has 0 saturated carbocycles. The second-order valence-corrected chi connectivity index (χ2v) is 5.84. The normalized spacial score (nSPS) is 10.9. The summed E-state index contributed by atoms with van der Waals surface area (Å²) in [5.74, 6) is 1.01. The zero-order valence-electron chi connectivity index (χ0n) is 10.0. The second-order valence-electron chi connectivity index (χ2n) is 3.78. The molecule has 4 nitrogen and oxygen atoms in total. The first-order chi connectivity index (χ1) is 8.27. The highest BCUT2D eigenvalue weighted by atomic mass is 32.2. The molecule has 0 aliphatic carbocycles. The van der Waals surface area contributed by atoms with Gasteiger partial charge in [0.25, 0.3) is 0 Å². The molecule has 17 heavy (non-hydrogen) atoms. The van der Waals surface area contributed by atoms with E-state index in [4.69, 9.17) is 0 Å². The molecule has 2 aromatic heterocycles. The third-order valence-corrected chi connectivity index (χ3v) is 4.49. The van der Waals surface area contributed by atoms with Crippen LogP contribution >= 0.6 is 23.1 Å². The van der Waals surface area contributed by atoms with Crippen LogP contribution < -0.4 is 5.32 Å². The fraction of sp³-hybridized carbons (Fsp3) is 0.455. The number of rotatable bonds is 6. The highest BCUT2D eigenvalue weighted by Crippen LogP contribution is 2.15. The summed E-state index contributed by atoms with van der Waals surface area (Å²) in [5, 5.41) is 14.4. The zero-order chi connectivity index (χ0) is 12.1. The van der Waals surface area contributed by atoms with E-state index >= 15 is 0 Å². The van der Waals surface area contributed by atoms with E-state index in [-0.39, 0.29) is 0 Å². The summed E-state index contributed by atoms with van der Waals surface area (Å²) >= 11 is 3.54. The van der Waals surface area contributed by atoms with Gasteiger partial charge in [-0.15, -0.1) is 21.5 Å². The molecule has 0 amide bonds. The van der Waals surface area contributed by atoms with Crippen LogP contribution in [-0.4, -0.2) is 27.1 Å². The van der Waals surface area contributed by atoms with Crippen LogP contribution in [0.3, 0.4) is 0 Å². The van der Waals surface area contributed by atoms with Crippen molar-refractivity contribution in [2.24, 2.45) is 7.05 Å². The predicted octanol–water partition coefficient (Wildman–Crippen LogP) is 2.07. The lowest BCUT2D eigenvalue weighted by molar-refractivity contribution is 0.734. The molecule has 2 heterocycles. The lowest BCUT2D eigenvalue weighted by Crippen LogP contribution is -2.16. The van der Waals surface area contributed by atoms with Crippen LogP contribution in [0.4, 0.5) is 0 Å². The smallest absolute Gasteiger partial charge is 0.190 e. The molecule has 6 heteroatoms. The molecule has 0 unspecified atom stereocenters. The van der Waals surface area contributed by atoms with Gasteiger partial charge in [-0.2, -0.15) is 0 Å². The minimum atomic E-state index is 0.961. The van der Waals surface area contributed by atoms with Gasteiger partial charge in [0.15, 0.2) is 5.16 Å². The number of hydrogen-bond donors (Lipinski definition) is 1. The van der Waals surface area contributed by atoms with Gasteiger partial charge in [0, 0.05) is 30.8 Å². The molecule has 0 saturated heterocycles. The van der Waals surface area contributed by atoms with Crippen molar-refractivity contribution in [3.8, 4) is 0 Å². The lowest BCUT2D eigenvalue weighted by atomic mass is 10.3. The topological polar surface area (TPSA) is 42.7 Å². The molecule has 0 aliphatic heterocycles. The molecular formula is C11H16N4S2. The van der Waals surface area contributed by atoms with Crippen molar-refractivity contribution in [1.29, 1.82) is 0 Å². The largest absolute Gasteiger partial charge is 0.312 e. The molecule has 0 fully saturated rings. The van der Waals surface area contributed by atoms with Crippen LogP contribution in [0.25, 0.3) is 0 Å². The fourth-order valence-corrected chi connectivity index (χ4v) is 3.07. The Balaban J connectivity index is 1.64. The Hall–Kier alpha value is -0.850. The van der Waals surface area contributed by atoms with Gasteiger partial charge in [0.1, 0.15) is 6.33 Å². The molecule has 92 valence electrons. The van der Waals surface area contributed by atoms with Crippen molar-refractivity contribution >= 4 is 23.1 Å². The van der Waals surface area contributed by atoms with Crippen LogP contribution in [0.1, 0.15) is 10.4 Å². The molecule has 0 radical (unpaired) electrons. The van der Waals surface area contributed by atoms with E-state index in [1.807, 2.05) is 23.0 Å². The first-order valence-electron chi connectivity index (χ1n) is 5.48. The molecule has 2 rings (SSSR count). The molecule has 0 spiro atoms. The summed E-state index contributed by atoms with van der Waals surface area (Å²) in [5.41, 5.74) is 1.38. The van der Waals surface area contributed by atoms with Gasteiger partial charge in [-0.3, -0.25) is 0 Å². The summed E-state index contributed by atoms with van der Waals surface area (Å²) in [6.45, 7) is 4.10. The van der Waals surface area contributed by atoms with Gasteiger partial charge in [-0.25, -0.2) is 0 Å². The molecule has 0 aliphatic rings. The summed E-state index contributed by atoms with van der Waals surface area (Å²) in [7, 11) is 1.96. The number of nitrogens with one attached hydrogen (secondary N) is 1. The van der Waals surface area contributed by atoms with Crippen LogP contribution in [0, 0.1) is 6.92 Å². The average Bonchev–Trinajstić information content (AvgIpc) is 2.89. The number of nitrogens with zero attached hydrogens (tertiary/aromatic N) is 3. The molecule has 2 aromatic rings. The quantitative estimate of drug-likeness (QED) is 0.643. The number of hydrogen-bond acceptors (Lipinski definition) is 5. The zero-order valence-corrected chi connectivity index (χ0v) is 11.6. The summed E-state index contributed by atoms with van der Waals surface area (Å²) in [6, 6.07) is 2.16. The van der Waals surface area contributed by atoms with Crippen molar-refractivity contribution < 1.29 is 0 Å². The van der Waals surface area contributed by atoms with E-state index in [1.54, 1.807) is 18.1 Å². The Morgan fingerprint density at radius 3 is 3.06 bits per heavy atom. The van der Waals surface area contributed by atoms with Gasteiger partial charge in [0.2, 0.25) is 0 Å². The van der Waals surface area contributed by atoms with E-state index in [0.717, 1.165) is 24.0 Å². The van der Waals surface area contributed by atoms with Crippen LogP contribution in [0.15, 0.2) is 22.9 Å². The molecule has 0 bridgehead atoms. The minimum absolute atomic E-state index is 0.961. The van der Waals surface area contributed by atoms with Crippen molar-refractivity contribution in [1.82, 2.24) is 20.1 Å². The van der Waals surface area contributed by atoms with Gasteiger partial charge in [-0.1, -0.05) is 11.8 Å². The maximum absolute atomic E-state index is 4.03. The SMILES string of the molecule is Cc1ccsc1CNCCSc1nncn1C. The highest BCUT2D eigenvalue weighted by molar-refractivity contribution is 7.99. The van der Waals surface area contributed by atoms with Crippen LogP contribution in [-0.2, 0) is 13.6 Å². The van der Waals surface area contributed by atoms with Crippen LogP contribution in [0.5, 0.6) is 0 Å². The summed E-state index contributed by atoms with van der Waals surface area (Å²) < 4.78 is 1.94. The Morgan fingerprint density at radius 2 is 2.41 bits per heavy atom. The summed E-state index contributed by atoms with van der Waals surface area (Å²) in [6.07, 6.45) is 1.73. The first-order valence-corrected chi connectivity index (χ1v) is 7.34. The predicted molar refractivity (Wildman–Crippen MR) is 72.5 cm³/mol. The van der Waals surface area contributed by atoms with Gasteiger partial charge < -0.3 is 9.88 Å². The van der Waals surface area contributed by atoms with Crippen molar-refractivity contribution in [2.75, 3.05) is 12.3 Å². The van der Waals surface area contributed by atoms with E-state index in [0.29, 0.717) is 0 Å². The molecule has 1 N–H and O–H groups in total. The fourth-order valence-electron chi connectivity index (χ4n) is 1.40. The standard InChI is InChI=1S/C11H16N4S2/c1-9-3-5-16-10(9)7-12-4-6-17-11-14-13-8-15(11)2/h3,5,8,12H,4,6-7H2,1-2H3. The average molecular weight is 268 g/mol. The Labute approximate surface area is 109 Å². The number of aryl methyl sites for hydroxylation is 2. The summed E-state index contributed by atoms with van der Waals surface area (Å²) in [4.78, 5) is 1.42. The first kappa shape index (κ1) is 12.6. The van der Waals surface area contributed by atoms with Gasteiger partial charge in [-0.05, 0) is 23.9 Å². The molecule has 0 atom stereocenters. The maximum atomic E-state index is 4.03. The third kappa shape index (κ3) is 3.55. The Morgan fingerprint density at radius 1 is 1.53 bits per heavy atom. The van der Waals surface area contributed by atoms with E-state index < -0.39 is 0 Å². The molecule has 0 aromatic carbocycles. The lowest BCUT2D eigenvalue weighted by Gasteiger charge is -2.03. The molecular weight excluding hydrogens is 252 g/mol. The third-order valence-electron chi connectivity index (χ3n) is 2.43. The van der Waals surface area contributed by atoms with Gasteiger partial charge >= 0.3 is 0 Å². The van der Waals surface area contributed by atoms with Crippen molar-refractivity contribution in [3.63, 3.8) is 0 Å².